The number of para-hydroxylation sites is 1. The van der Waals surface area contributed by atoms with Gasteiger partial charge >= 0.3 is 0 Å². The highest BCUT2D eigenvalue weighted by Crippen LogP contribution is 2.28. The van der Waals surface area contributed by atoms with Crippen LogP contribution in [0, 0.1) is 11.7 Å². The van der Waals surface area contributed by atoms with Gasteiger partial charge in [0.25, 0.3) is 0 Å². The van der Waals surface area contributed by atoms with Crippen molar-refractivity contribution in [2.24, 2.45) is 5.92 Å². The van der Waals surface area contributed by atoms with Gasteiger partial charge in [-0.3, -0.25) is 9.36 Å². The second-order valence-corrected chi connectivity index (χ2v) is 7.83. The van der Waals surface area contributed by atoms with Gasteiger partial charge in [0, 0.05) is 6.54 Å². The molecule has 2 heterocycles. The Balaban J connectivity index is 1.78. The summed E-state index contributed by atoms with van der Waals surface area (Å²) in [5.41, 5.74) is 0.162. The highest BCUT2D eigenvalue weighted by Gasteiger charge is 2.22. The van der Waals surface area contributed by atoms with Crippen LogP contribution in [-0.2, 0) is 11.3 Å². The van der Waals surface area contributed by atoms with E-state index in [1.54, 1.807) is 31.4 Å². The van der Waals surface area contributed by atoms with Gasteiger partial charge in [-0.25, -0.2) is 4.39 Å². The van der Waals surface area contributed by atoms with Gasteiger partial charge in [-0.05, 0) is 37.1 Å². The summed E-state index contributed by atoms with van der Waals surface area (Å²) < 4.78 is 21.1. The zero-order valence-corrected chi connectivity index (χ0v) is 16.2. The lowest BCUT2D eigenvalue weighted by atomic mass is 10.2. The minimum Gasteiger partial charge on any atom is -0.461 e. The van der Waals surface area contributed by atoms with Gasteiger partial charge in [0.1, 0.15) is 5.82 Å². The van der Waals surface area contributed by atoms with Crippen molar-refractivity contribution in [3.8, 4) is 11.6 Å². The van der Waals surface area contributed by atoms with E-state index in [4.69, 9.17) is 4.42 Å². The summed E-state index contributed by atoms with van der Waals surface area (Å²) in [5, 5.41) is 11.2. The Morgan fingerprint density at radius 3 is 2.67 bits per heavy atom. The van der Waals surface area contributed by atoms with E-state index in [1.165, 1.54) is 23.9 Å². The first-order valence-corrected chi connectivity index (χ1v) is 9.52. The van der Waals surface area contributed by atoms with Crippen LogP contribution in [0.15, 0.2) is 52.2 Å². The topological polar surface area (TPSA) is 73.0 Å². The molecule has 6 nitrogen and oxygen atoms in total. The van der Waals surface area contributed by atoms with Crippen molar-refractivity contribution in [3.63, 3.8) is 0 Å². The number of rotatable bonds is 7. The van der Waals surface area contributed by atoms with Gasteiger partial charge in [0.15, 0.2) is 16.7 Å². The van der Waals surface area contributed by atoms with E-state index in [0.29, 0.717) is 29.2 Å². The monoisotopic (exact) mass is 388 g/mol. The van der Waals surface area contributed by atoms with Gasteiger partial charge in [0.2, 0.25) is 5.91 Å². The Morgan fingerprint density at radius 1 is 1.22 bits per heavy atom. The van der Waals surface area contributed by atoms with Crippen LogP contribution < -0.4 is 5.32 Å². The zero-order chi connectivity index (χ0) is 19.4. The van der Waals surface area contributed by atoms with Gasteiger partial charge in [0.05, 0.1) is 17.2 Å². The van der Waals surface area contributed by atoms with Crippen molar-refractivity contribution in [1.29, 1.82) is 0 Å². The molecule has 0 fully saturated rings. The molecule has 0 saturated carbocycles. The highest BCUT2D eigenvalue weighted by molar-refractivity contribution is 8.00. The Bertz CT molecular complexity index is 908. The van der Waals surface area contributed by atoms with E-state index >= 15 is 0 Å². The minimum absolute atomic E-state index is 0.162. The number of hydrogen-bond donors (Lipinski definition) is 1. The number of hydrogen-bond acceptors (Lipinski definition) is 5. The number of anilines is 1. The normalized spacial score (nSPS) is 12.3. The van der Waals surface area contributed by atoms with Crippen LogP contribution in [0.25, 0.3) is 11.6 Å². The van der Waals surface area contributed by atoms with Gasteiger partial charge in [-0.15, -0.1) is 10.2 Å². The van der Waals surface area contributed by atoms with Gasteiger partial charge < -0.3 is 9.73 Å². The molecule has 1 atom stereocenters. The molecule has 0 aliphatic rings. The molecular formula is C19H21FN4O2S. The number of halogens is 1. The third-order valence-corrected chi connectivity index (χ3v) is 4.87. The lowest BCUT2D eigenvalue weighted by molar-refractivity contribution is -0.115. The summed E-state index contributed by atoms with van der Waals surface area (Å²) in [5.74, 6) is 0.836. The molecule has 142 valence electrons. The number of furan rings is 1. The van der Waals surface area contributed by atoms with E-state index in [-0.39, 0.29) is 11.6 Å². The Kier molecular flexibility index (Phi) is 5.95. The third-order valence-electron chi connectivity index (χ3n) is 3.79. The largest absolute Gasteiger partial charge is 0.461 e. The molecule has 2 aromatic heterocycles. The van der Waals surface area contributed by atoms with Crippen LogP contribution in [0.2, 0.25) is 0 Å². The predicted octanol–water partition coefficient (Wildman–Crippen LogP) is 4.45. The number of carbonyl (C=O) groups is 1. The third kappa shape index (κ3) is 4.57. The Hall–Kier alpha value is -2.61. The number of nitrogens with zero attached hydrogens (tertiary/aromatic N) is 3. The lowest BCUT2D eigenvalue weighted by Crippen LogP contribution is -2.23. The van der Waals surface area contributed by atoms with Crippen molar-refractivity contribution >= 4 is 23.4 Å². The second-order valence-electron chi connectivity index (χ2n) is 6.52. The van der Waals surface area contributed by atoms with Crippen LogP contribution in [0.4, 0.5) is 10.1 Å². The summed E-state index contributed by atoms with van der Waals surface area (Å²) >= 11 is 1.28. The molecule has 1 aromatic carbocycles. The van der Waals surface area contributed by atoms with Crippen molar-refractivity contribution in [3.05, 3.63) is 48.5 Å². The number of nitrogens with one attached hydrogen (secondary N) is 1. The average Bonchev–Trinajstić information content (AvgIpc) is 3.27. The summed E-state index contributed by atoms with van der Waals surface area (Å²) in [6, 6.07) is 9.70. The molecule has 0 bridgehead atoms. The predicted molar refractivity (Wildman–Crippen MR) is 103 cm³/mol. The minimum atomic E-state index is -0.482. The fourth-order valence-corrected chi connectivity index (χ4v) is 3.36. The quantitative estimate of drug-likeness (QED) is 0.605. The fraction of sp³-hybridized carbons (Fsp3) is 0.316. The molecule has 1 unspecified atom stereocenters. The SMILES string of the molecule is CC(C)Cn1c(SC(C)C(=O)Nc2ccccc2F)nnc1-c1ccco1. The van der Waals surface area contributed by atoms with E-state index in [2.05, 4.69) is 29.4 Å². The van der Waals surface area contributed by atoms with Crippen molar-refractivity contribution < 1.29 is 13.6 Å². The van der Waals surface area contributed by atoms with Crippen molar-refractivity contribution in [2.75, 3.05) is 5.32 Å². The molecule has 3 aromatic rings. The van der Waals surface area contributed by atoms with E-state index < -0.39 is 11.1 Å². The van der Waals surface area contributed by atoms with Crippen LogP contribution in [0.1, 0.15) is 20.8 Å². The first kappa shape index (κ1) is 19.2. The van der Waals surface area contributed by atoms with E-state index in [0.717, 1.165) is 0 Å². The average molecular weight is 388 g/mol. The number of aromatic nitrogens is 3. The molecule has 0 aliphatic carbocycles. The summed E-state index contributed by atoms with van der Waals surface area (Å²) in [6.07, 6.45) is 1.58. The molecule has 27 heavy (non-hydrogen) atoms. The molecule has 3 rings (SSSR count). The fourth-order valence-electron chi connectivity index (χ4n) is 2.50. The van der Waals surface area contributed by atoms with Gasteiger partial charge in [-0.1, -0.05) is 37.7 Å². The zero-order valence-electron chi connectivity index (χ0n) is 15.3. The number of carbonyl (C=O) groups excluding carboxylic acids is 1. The van der Waals surface area contributed by atoms with Gasteiger partial charge in [-0.2, -0.15) is 0 Å². The standard InChI is InChI=1S/C19H21FN4O2S/c1-12(2)11-24-17(16-9-6-10-26-16)22-23-19(24)27-13(3)18(25)21-15-8-5-4-7-14(15)20/h4-10,12-13H,11H2,1-3H3,(H,21,25). The molecule has 0 spiro atoms. The maximum Gasteiger partial charge on any atom is 0.237 e. The number of thioether (sulfide) groups is 1. The van der Waals surface area contributed by atoms with Crippen LogP contribution in [-0.4, -0.2) is 25.9 Å². The molecule has 0 aliphatic heterocycles. The summed E-state index contributed by atoms with van der Waals surface area (Å²) in [6.45, 7) is 6.62. The van der Waals surface area contributed by atoms with E-state index in [1.807, 2.05) is 10.6 Å². The maximum atomic E-state index is 13.7. The lowest BCUT2D eigenvalue weighted by Gasteiger charge is -2.15. The Labute approximate surface area is 161 Å². The first-order chi connectivity index (χ1) is 13.0. The van der Waals surface area contributed by atoms with E-state index in [9.17, 15) is 9.18 Å². The summed E-state index contributed by atoms with van der Waals surface area (Å²) in [4.78, 5) is 12.5. The Morgan fingerprint density at radius 2 is 2.00 bits per heavy atom. The van der Waals surface area contributed by atoms with Crippen LogP contribution in [0.3, 0.4) is 0 Å². The highest BCUT2D eigenvalue weighted by atomic mass is 32.2. The molecule has 0 radical (unpaired) electrons. The van der Waals surface area contributed by atoms with Crippen LogP contribution in [0.5, 0.6) is 0 Å². The van der Waals surface area contributed by atoms with Crippen molar-refractivity contribution in [2.45, 2.75) is 37.7 Å². The molecule has 0 saturated heterocycles. The molecule has 1 amide bonds. The second kappa shape index (κ2) is 8.39. The smallest absolute Gasteiger partial charge is 0.237 e. The van der Waals surface area contributed by atoms with Crippen molar-refractivity contribution in [1.82, 2.24) is 14.8 Å². The molecular weight excluding hydrogens is 367 g/mol. The number of benzene rings is 1. The molecule has 8 heteroatoms. The molecule has 1 N–H and O–H groups in total. The number of amides is 1. The first-order valence-electron chi connectivity index (χ1n) is 8.65. The summed E-state index contributed by atoms with van der Waals surface area (Å²) in [7, 11) is 0. The van der Waals surface area contributed by atoms with Crippen LogP contribution >= 0.6 is 11.8 Å². The maximum absolute atomic E-state index is 13.7.